The lowest BCUT2D eigenvalue weighted by atomic mass is 9.77. The van der Waals surface area contributed by atoms with Gasteiger partial charge in [-0.2, -0.15) is 0 Å². The normalized spacial score (nSPS) is 23.7. The molecule has 98 valence electrons. The fourth-order valence-corrected chi connectivity index (χ4v) is 3.00. The maximum atomic E-state index is 12.5. The molecule has 1 unspecified atom stereocenters. The predicted octanol–water partition coefficient (Wildman–Crippen LogP) is 3.01. The van der Waals surface area contributed by atoms with Crippen molar-refractivity contribution in [1.29, 1.82) is 0 Å². The standard InChI is InChI=1S/C14H19IN2O/c1-2-14(7-4-8-16-10-14)13(18)17-12-6-3-5-11(15)9-12/h3,5-6,9,16H,2,4,7-8,10H2,1H3,(H,17,18). The van der Waals surface area contributed by atoms with Gasteiger partial charge in [0.15, 0.2) is 0 Å². The van der Waals surface area contributed by atoms with Gasteiger partial charge < -0.3 is 10.6 Å². The van der Waals surface area contributed by atoms with Crippen molar-refractivity contribution >= 4 is 34.2 Å². The van der Waals surface area contributed by atoms with Crippen LogP contribution in [0.3, 0.4) is 0 Å². The predicted molar refractivity (Wildman–Crippen MR) is 82.6 cm³/mol. The molecule has 0 bridgehead atoms. The van der Waals surface area contributed by atoms with Gasteiger partial charge in [-0.3, -0.25) is 4.79 Å². The van der Waals surface area contributed by atoms with Gasteiger partial charge in [0.25, 0.3) is 0 Å². The summed E-state index contributed by atoms with van der Waals surface area (Å²) < 4.78 is 1.14. The molecule has 2 N–H and O–H groups in total. The number of amides is 1. The molecule has 1 amide bonds. The molecule has 0 spiro atoms. The summed E-state index contributed by atoms with van der Waals surface area (Å²) in [6.45, 7) is 3.92. The van der Waals surface area contributed by atoms with Gasteiger partial charge in [0.1, 0.15) is 0 Å². The number of piperidine rings is 1. The van der Waals surface area contributed by atoms with Crippen molar-refractivity contribution in [3.63, 3.8) is 0 Å². The van der Waals surface area contributed by atoms with E-state index in [1.54, 1.807) is 0 Å². The monoisotopic (exact) mass is 358 g/mol. The highest BCUT2D eigenvalue weighted by atomic mass is 127. The zero-order valence-electron chi connectivity index (χ0n) is 10.6. The first-order valence-electron chi connectivity index (χ1n) is 6.44. The molecule has 1 atom stereocenters. The minimum atomic E-state index is -0.237. The van der Waals surface area contributed by atoms with Crippen LogP contribution in [0.2, 0.25) is 0 Å². The molecular weight excluding hydrogens is 339 g/mol. The van der Waals surface area contributed by atoms with Gasteiger partial charge in [0, 0.05) is 15.8 Å². The highest BCUT2D eigenvalue weighted by Gasteiger charge is 2.37. The minimum absolute atomic E-state index is 0.152. The van der Waals surface area contributed by atoms with Gasteiger partial charge >= 0.3 is 0 Å². The van der Waals surface area contributed by atoms with E-state index in [0.717, 1.165) is 41.6 Å². The van der Waals surface area contributed by atoms with Crippen LogP contribution in [0.1, 0.15) is 26.2 Å². The van der Waals surface area contributed by atoms with Gasteiger partial charge in [-0.05, 0) is 66.6 Å². The summed E-state index contributed by atoms with van der Waals surface area (Å²) in [7, 11) is 0. The Morgan fingerprint density at radius 1 is 1.56 bits per heavy atom. The van der Waals surface area contributed by atoms with E-state index in [-0.39, 0.29) is 11.3 Å². The Morgan fingerprint density at radius 2 is 2.39 bits per heavy atom. The van der Waals surface area contributed by atoms with E-state index >= 15 is 0 Å². The van der Waals surface area contributed by atoms with Gasteiger partial charge in [-0.1, -0.05) is 13.0 Å². The average Bonchev–Trinajstić information content (AvgIpc) is 2.39. The SMILES string of the molecule is CCC1(C(=O)Nc2cccc(I)c2)CCCNC1. The van der Waals surface area contributed by atoms with Crippen LogP contribution in [0.25, 0.3) is 0 Å². The van der Waals surface area contributed by atoms with Crippen LogP contribution in [0.15, 0.2) is 24.3 Å². The molecular formula is C14H19IN2O. The Balaban J connectivity index is 2.10. The lowest BCUT2D eigenvalue weighted by molar-refractivity contribution is -0.126. The van der Waals surface area contributed by atoms with Crippen LogP contribution in [-0.4, -0.2) is 19.0 Å². The average molecular weight is 358 g/mol. The van der Waals surface area contributed by atoms with Crippen molar-refractivity contribution in [2.75, 3.05) is 18.4 Å². The summed E-state index contributed by atoms with van der Waals surface area (Å²) in [4.78, 5) is 12.5. The number of hydrogen-bond donors (Lipinski definition) is 2. The Morgan fingerprint density at radius 3 is 3.00 bits per heavy atom. The zero-order chi connectivity index (χ0) is 13.0. The minimum Gasteiger partial charge on any atom is -0.326 e. The molecule has 2 rings (SSSR count). The Kier molecular flexibility index (Phi) is 4.61. The molecule has 1 heterocycles. The maximum absolute atomic E-state index is 12.5. The molecule has 1 aliphatic heterocycles. The van der Waals surface area contributed by atoms with E-state index in [2.05, 4.69) is 40.1 Å². The molecule has 1 saturated heterocycles. The molecule has 0 aliphatic carbocycles. The maximum Gasteiger partial charge on any atom is 0.231 e. The van der Waals surface area contributed by atoms with E-state index < -0.39 is 0 Å². The lowest BCUT2D eigenvalue weighted by Crippen LogP contribution is -2.47. The molecule has 0 aromatic heterocycles. The first kappa shape index (κ1) is 13.8. The molecule has 1 aliphatic rings. The summed E-state index contributed by atoms with van der Waals surface area (Å²) in [5, 5.41) is 6.40. The number of rotatable bonds is 3. The molecule has 1 fully saturated rings. The number of carbonyl (C=O) groups excluding carboxylic acids is 1. The molecule has 0 radical (unpaired) electrons. The third-order valence-electron chi connectivity index (χ3n) is 3.71. The third kappa shape index (κ3) is 3.03. The highest BCUT2D eigenvalue weighted by Crippen LogP contribution is 2.31. The molecule has 3 nitrogen and oxygen atoms in total. The van der Waals surface area contributed by atoms with Crippen molar-refractivity contribution < 1.29 is 4.79 Å². The first-order valence-corrected chi connectivity index (χ1v) is 7.52. The Labute approximate surface area is 122 Å². The molecule has 1 aromatic rings. The van der Waals surface area contributed by atoms with Crippen molar-refractivity contribution in [2.45, 2.75) is 26.2 Å². The first-order chi connectivity index (χ1) is 8.66. The molecule has 0 saturated carbocycles. The highest BCUT2D eigenvalue weighted by molar-refractivity contribution is 14.1. The largest absolute Gasteiger partial charge is 0.326 e. The summed E-state index contributed by atoms with van der Waals surface area (Å²) in [5.41, 5.74) is 0.657. The topological polar surface area (TPSA) is 41.1 Å². The summed E-state index contributed by atoms with van der Waals surface area (Å²) >= 11 is 2.26. The van der Waals surface area contributed by atoms with Gasteiger partial charge in [0.2, 0.25) is 5.91 Å². The summed E-state index contributed by atoms with van der Waals surface area (Å²) in [6, 6.07) is 7.93. The number of nitrogens with one attached hydrogen (secondary N) is 2. The smallest absolute Gasteiger partial charge is 0.231 e. The summed E-state index contributed by atoms with van der Waals surface area (Å²) in [5.74, 6) is 0.152. The number of carbonyl (C=O) groups is 1. The second-order valence-electron chi connectivity index (χ2n) is 4.88. The van der Waals surface area contributed by atoms with Crippen LogP contribution in [0.4, 0.5) is 5.69 Å². The van der Waals surface area contributed by atoms with Crippen molar-refractivity contribution in [3.05, 3.63) is 27.8 Å². The van der Waals surface area contributed by atoms with E-state index in [0.29, 0.717) is 0 Å². The molecule has 18 heavy (non-hydrogen) atoms. The van der Waals surface area contributed by atoms with Gasteiger partial charge in [0.05, 0.1) is 5.41 Å². The number of hydrogen-bond acceptors (Lipinski definition) is 2. The van der Waals surface area contributed by atoms with E-state index in [1.807, 2.05) is 24.3 Å². The third-order valence-corrected chi connectivity index (χ3v) is 4.38. The van der Waals surface area contributed by atoms with Crippen LogP contribution >= 0.6 is 22.6 Å². The van der Waals surface area contributed by atoms with Crippen LogP contribution in [0.5, 0.6) is 0 Å². The van der Waals surface area contributed by atoms with Gasteiger partial charge in [-0.15, -0.1) is 0 Å². The second-order valence-corrected chi connectivity index (χ2v) is 6.12. The zero-order valence-corrected chi connectivity index (χ0v) is 12.8. The Bertz CT molecular complexity index is 428. The fourth-order valence-electron chi connectivity index (χ4n) is 2.45. The van der Waals surface area contributed by atoms with Crippen LogP contribution in [-0.2, 0) is 4.79 Å². The molecule has 4 heteroatoms. The van der Waals surface area contributed by atoms with Crippen LogP contribution < -0.4 is 10.6 Å². The fraction of sp³-hybridized carbons (Fsp3) is 0.500. The summed E-state index contributed by atoms with van der Waals surface area (Å²) in [6.07, 6.45) is 2.94. The van der Waals surface area contributed by atoms with Crippen LogP contribution in [0, 0.1) is 8.99 Å². The Hall–Kier alpha value is -0.620. The second kappa shape index (κ2) is 6.02. The van der Waals surface area contributed by atoms with Crippen molar-refractivity contribution in [1.82, 2.24) is 5.32 Å². The van der Waals surface area contributed by atoms with E-state index in [4.69, 9.17) is 0 Å². The lowest BCUT2D eigenvalue weighted by Gasteiger charge is -2.35. The van der Waals surface area contributed by atoms with Gasteiger partial charge in [-0.25, -0.2) is 0 Å². The van der Waals surface area contributed by atoms with E-state index in [1.165, 1.54) is 0 Å². The number of halogens is 1. The van der Waals surface area contributed by atoms with Crippen molar-refractivity contribution in [3.8, 4) is 0 Å². The van der Waals surface area contributed by atoms with E-state index in [9.17, 15) is 4.79 Å². The molecule has 1 aromatic carbocycles. The van der Waals surface area contributed by atoms with Crippen molar-refractivity contribution in [2.24, 2.45) is 5.41 Å². The number of benzene rings is 1. The quantitative estimate of drug-likeness (QED) is 0.816. The number of anilines is 1.